The van der Waals surface area contributed by atoms with Gasteiger partial charge < -0.3 is 20.1 Å². The van der Waals surface area contributed by atoms with Crippen LogP contribution in [0.15, 0.2) is 29.3 Å². The number of aromatic nitrogens is 3. The van der Waals surface area contributed by atoms with Crippen molar-refractivity contribution >= 4 is 5.96 Å². The molecule has 158 valence electrons. The molecular formula is C18H23F3N6O2. The number of nitrogens with zero attached hydrogens (tertiary/aromatic N) is 4. The SMILES string of the molecule is CN=C(NCc1ccccc1OC(F)(F)F)NC1CCc2nc(COC)nn2C1. The fraction of sp³-hybridized carbons (Fsp3) is 0.500. The number of para-hydroxylation sites is 1. The lowest BCUT2D eigenvalue weighted by atomic mass is 10.1. The van der Waals surface area contributed by atoms with Crippen molar-refractivity contribution in [2.24, 2.45) is 4.99 Å². The lowest BCUT2D eigenvalue weighted by Gasteiger charge is -2.25. The number of nitrogens with one attached hydrogen (secondary N) is 2. The summed E-state index contributed by atoms with van der Waals surface area (Å²) < 4.78 is 48.7. The van der Waals surface area contributed by atoms with Crippen molar-refractivity contribution in [1.82, 2.24) is 25.4 Å². The van der Waals surface area contributed by atoms with Crippen molar-refractivity contribution in [3.05, 3.63) is 41.5 Å². The second-order valence-corrected chi connectivity index (χ2v) is 6.52. The van der Waals surface area contributed by atoms with Gasteiger partial charge in [-0.25, -0.2) is 9.67 Å². The minimum Gasteiger partial charge on any atom is -0.405 e. The standard InChI is InChI=1S/C18H23F3N6O2/c1-22-17(23-9-12-5-3-4-6-14(12)29-18(19,20)21)24-13-7-8-16-25-15(11-28-2)26-27(16)10-13/h3-6,13H,7-11H2,1-2H3,(H2,22,23,24). The van der Waals surface area contributed by atoms with Gasteiger partial charge in [0.1, 0.15) is 18.2 Å². The number of hydrogen-bond acceptors (Lipinski definition) is 5. The molecule has 0 bridgehead atoms. The highest BCUT2D eigenvalue weighted by atomic mass is 19.4. The van der Waals surface area contributed by atoms with Crippen molar-refractivity contribution < 1.29 is 22.6 Å². The number of aliphatic imine (C=N–C) groups is 1. The van der Waals surface area contributed by atoms with Crippen LogP contribution in [0.3, 0.4) is 0 Å². The first-order valence-electron chi connectivity index (χ1n) is 9.10. The van der Waals surface area contributed by atoms with Crippen LogP contribution < -0.4 is 15.4 Å². The number of fused-ring (bicyclic) bond motifs is 1. The minimum atomic E-state index is -4.74. The van der Waals surface area contributed by atoms with Gasteiger partial charge in [0.05, 0.1) is 6.54 Å². The molecule has 0 fully saturated rings. The normalized spacial score (nSPS) is 17.0. The molecule has 0 saturated heterocycles. The van der Waals surface area contributed by atoms with Crippen LogP contribution in [0.2, 0.25) is 0 Å². The summed E-state index contributed by atoms with van der Waals surface area (Å²) in [6.07, 6.45) is -3.15. The summed E-state index contributed by atoms with van der Waals surface area (Å²) in [6, 6.07) is 6.06. The number of ether oxygens (including phenoxy) is 2. The zero-order chi connectivity index (χ0) is 20.9. The molecule has 0 amide bonds. The van der Waals surface area contributed by atoms with Crippen LogP contribution in [0.5, 0.6) is 5.75 Å². The Kier molecular flexibility index (Phi) is 6.57. The molecule has 1 aliphatic heterocycles. The predicted molar refractivity (Wildman–Crippen MR) is 99.3 cm³/mol. The van der Waals surface area contributed by atoms with Gasteiger partial charge in [-0.05, 0) is 12.5 Å². The van der Waals surface area contributed by atoms with Crippen molar-refractivity contribution in [3.8, 4) is 5.75 Å². The van der Waals surface area contributed by atoms with E-state index in [1.165, 1.54) is 12.1 Å². The van der Waals surface area contributed by atoms with E-state index in [0.717, 1.165) is 18.7 Å². The molecule has 1 aromatic heterocycles. The van der Waals surface area contributed by atoms with Crippen LogP contribution in [-0.4, -0.2) is 47.3 Å². The van der Waals surface area contributed by atoms with E-state index < -0.39 is 6.36 Å². The number of guanidine groups is 1. The summed E-state index contributed by atoms with van der Waals surface area (Å²) >= 11 is 0. The number of rotatable bonds is 6. The number of benzene rings is 1. The zero-order valence-corrected chi connectivity index (χ0v) is 16.2. The van der Waals surface area contributed by atoms with Crippen LogP contribution in [0.4, 0.5) is 13.2 Å². The molecule has 0 spiro atoms. The third kappa shape index (κ3) is 5.83. The van der Waals surface area contributed by atoms with Crippen LogP contribution in [-0.2, 0) is 30.9 Å². The third-order valence-corrected chi connectivity index (χ3v) is 4.38. The number of halogens is 3. The zero-order valence-electron chi connectivity index (χ0n) is 16.2. The van der Waals surface area contributed by atoms with E-state index >= 15 is 0 Å². The Morgan fingerprint density at radius 1 is 1.34 bits per heavy atom. The molecule has 2 heterocycles. The van der Waals surface area contributed by atoms with Gasteiger partial charge in [0, 0.05) is 38.7 Å². The molecule has 2 aromatic rings. The maximum Gasteiger partial charge on any atom is 0.573 e. The van der Waals surface area contributed by atoms with Crippen LogP contribution in [0.25, 0.3) is 0 Å². The van der Waals surface area contributed by atoms with E-state index in [2.05, 4.69) is 30.4 Å². The average Bonchev–Trinajstić information content (AvgIpc) is 3.07. The van der Waals surface area contributed by atoms with Gasteiger partial charge in [-0.2, -0.15) is 5.10 Å². The topological polar surface area (TPSA) is 85.6 Å². The maximum absolute atomic E-state index is 12.6. The summed E-state index contributed by atoms with van der Waals surface area (Å²) in [5.41, 5.74) is 0.374. The molecule has 3 rings (SSSR count). The Bertz CT molecular complexity index is 852. The van der Waals surface area contributed by atoms with Gasteiger partial charge in [0.15, 0.2) is 11.8 Å². The van der Waals surface area contributed by atoms with Crippen LogP contribution >= 0.6 is 0 Å². The van der Waals surface area contributed by atoms with Crippen molar-refractivity contribution in [1.29, 1.82) is 0 Å². The number of methoxy groups -OCH3 is 1. The van der Waals surface area contributed by atoms with Gasteiger partial charge in [0.25, 0.3) is 0 Å². The molecule has 1 aromatic carbocycles. The summed E-state index contributed by atoms with van der Waals surface area (Å²) in [5.74, 6) is 1.80. The summed E-state index contributed by atoms with van der Waals surface area (Å²) in [7, 11) is 3.20. The smallest absolute Gasteiger partial charge is 0.405 e. The second kappa shape index (κ2) is 9.12. The number of hydrogen-bond donors (Lipinski definition) is 2. The minimum absolute atomic E-state index is 0.0625. The van der Waals surface area contributed by atoms with E-state index in [1.54, 1.807) is 26.3 Å². The van der Waals surface area contributed by atoms with Crippen molar-refractivity contribution in [2.75, 3.05) is 14.2 Å². The molecule has 1 aliphatic rings. The van der Waals surface area contributed by atoms with Crippen molar-refractivity contribution in [2.45, 2.75) is 44.9 Å². The highest BCUT2D eigenvalue weighted by molar-refractivity contribution is 5.80. The van der Waals surface area contributed by atoms with Gasteiger partial charge in [0.2, 0.25) is 0 Å². The van der Waals surface area contributed by atoms with E-state index in [9.17, 15) is 13.2 Å². The van der Waals surface area contributed by atoms with Crippen LogP contribution in [0.1, 0.15) is 23.6 Å². The highest BCUT2D eigenvalue weighted by Gasteiger charge is 2.32. The Hall–Kier alpha value is -2.82. The fourth-order valence-electron chi connectivity index (χ4n) is 3.11. The lowest BCUT2D eigenvalue weighted by molar-refractivity contribution is -0.274. The Morgan fingerprint density at radius 2 is 2.14 bits per heavy atom. The number of alkyl halides is 3. The Balaban J connectivity index is 1.58. The van der Waals surface area contributed by atoms with Gasteiger partial charge in [-0.15, -0.1) is 13.2 Å². The van der Waals surface area contributed by atoms with Gasteiger partial charge in [-0.1, -0.05) is 18.2 Å². The van der Waals surface area contributed by atoms with Gasteiger partial charge >= 0.3 is 6.36 Å². The molecule has 0 radical (unpaired) electrons. The second-order valence-electron chi connectivity index (χ2n) is 6.52. The van der Waals surface area contributed by atoms with Crippen LogP contribution in [0, 0.1) is 0 Å². The maximum atomic E-state index is 12.6. The molecule has 11 heteroatoms. The predicted octanol–water partition coefficient (Wildman–Crippen LogP) is 2.00. The molecule has 1 atom stereocenters. The summed E-state index contributed by atoms with van der Waals surface area (Å²) in [5, 5.41) is 10.7. The Labute approximate surface area is 166 Å². The average molecular weight is 412 g/mol. The quantitative estimate of drug-likeness (QED) is 0.558. The summed E-state index contributed by atoms with van der Waals surface area (Å²) in [6.45, 7) is 1.10. The molecular weight excluding hydrogens is 389 g/mol. The lowest BCUT2D eigenvalue weighted by Crippen LogP contribution is -2.46. The summed E-state index contributed by atoms with van der Waals surface area (Å²) in [4.78, 5) is 8.59. The largest absolute Gasteiger partial charge is 0.573 e. The molecule has 0 aliphatic carbocycles. The molecule has 8 nitrogen and oxygen atoms in total. The first-order valence-corrected chi connectivity index (χ1v) is 9.10. The van der Waals surface area contributed by atoms with Crippen molar-refractivity contribution in [3.63, 3.8) is 0 Å². The first-order chi connectivity index (χ1) is 13.9. The molecule has 0 saturated carbocycles. The fourth-order valence-corrected chi connectivity index (χ4v) is 3.11. The van der Waals surface area contributed by atoms with E-state index in [1.807, 2.05) is 4.68 Å². The molecule has 29 heavy (non-hydrogen) atoms. The number of aryl methyl sites for hydroxylation is 1. The van der Waals surface area contributed by atoms with E-state index in [0.29, 0.717) is 30.5 Å². The van der Waals surface area contributed by atoms with E-state index in [-0.39, 0.29) is 18.3 Å². The van der Waals surface area contributed by atoms with Gasteiger partial charge in [-0.3, -0.25) is 4.99 Å². The monoisotopic (exact) mass is 412 g/mol. The molecule has 2 N–H and O–H groups in total. The first kappa shape index (κ1) is 20.9. The third-order valence-electron chi connectivity index (χ3n) is 4.38. The molecule has 1 unspecified atom stereocenters. The highest BCUT2D eigenvalue weighted by Crippen LogP contribution is 2.26. The Morgan fingerprint density at radius 3 is 2.86 bits per heavy atom. The van der Waals surface area contributed by atoms with E-state index in [4.69, 9.17) is 4.74 Å².